The summed E-state index contributed by atoms with van der Waals surface area (Å²) in [5.41, 5.74) is 4.27. The van der Waals surface area contributed by atoms with Gasteiger partial charge in [0.15, 0.2) is 5.88 Å². The lowest BCUT2D eigenvalue weighted by Crippen LogP contribution is -2.32. The number of hydrogen-bond donors (Lipinski definition) is 3. The standard InChI is InChI=1S/C28H40N8O2/c1-5-12-36(13-6-2)23-10-9-21-16-20(23)18-34(3)14-7-8-24(37)35(4)15-11-29-26-25-22(17-30-21)28(38)33-27(25)32-19-31-26/h9-10,16-17,19,38H,5-8,11-15,18H2,1-4H3,(H2,29,31,32,33). The molecule has 38 heavy (non-hydrogen) atoms. The van der Waals surface area contributed by atoms with Crippen LogP contribution < -0.4 is 10.2 Å². The minimum absolute atomic E-state index is 0.0114. The van der Waals surface area contributed by atoms with Crippen LogP contribution in [-0.4, -0.2) is 88.8 Å². The Labute approximate surface area is 224 Å². The van der Waals surface area contributed by atoms with Gasteiger partial charge in [0, 0.05) is 58.1 Å². The fourth-order valence-electron chi connectivity index (χ4n) is 4.94. The van der Waals surface area contributed by atoms with Crippen LogP contribution in [0.25, 0.3) is 11.0 Å². The maximum absolute atomic E-state index is 12.7. The SMILES string of the molecule is CCCN(CCC)c1ccc2cc1CN(C)CCCC(=O)N(C)CCNc1ncnc3[nH]c(O)c(c13)C=N2. The van der Waals surface area contributed by atoms with Crippen molar-refractivity contribution in [2.75, 3.05) is 57.0 Å². The van der Waals surface area contributed by atoms with Crippen LogP contribution in [0, 0.1) is 0 Å². The maximum atomic E-state index is 12.7. The number of fused-ring (bicyclic) bond motifs is 2. The predicted molar refractivity (Wildman–Crippen MR) is 154 cm³/mol. The molecule has 0 spiro atoms. The van der Waals surface area contributed by atoms with E-state index in [1.807, 2.05) is 13.1 Å². The summed E-state index contributed by atoms with van der Waals surface area (Å²) in [5, 5.41) is 14.6. The molecule has 3 aromatic rings. The molecule has 10 nitrogen and oxygen atoms in total. The molecule has 1 aromatic carbocycles. The van der Waals surface area contributed by atoms with E-state index in [9.17, 15) is 9.90 Å². The normalized spacial score (nSPS) is 15.8. The molecule has 4 rings (SSSR count). The molecule has 204 valence electrons. The number of carbonyl (C=O) groups is 1. The Bertz CT molecular complexity index is 1270. The van der Waals surface area contributed by atoms with E-state index in [0.29, 0.717) is 41.9 Å². The van der Waals surface area contributed by atoms with Gasteiger partial charge in [0.25, 0.3) is 0 Å². The van der Waals surface area contributed by atoms with Crippen LogP contribution in [0.5, 0.6) is 5.88 Å². The number of rotatable bonds is 5. The number of amides is 1. The number of nitrogens with one attached hydrogen (secondary N) is 2. The van der Waals surface area contributed by atoms with E-state index in [1.54, 1.807) is 11.1 Å². The second kappa shape index (κ2) is 12.7. The third kappa shape index (κ3) is 6.42. The number of nitrogens with zero attached hydrogens (tertiary/aromatic N) is 6. The van der Waals surface area contributed by atoms with Gasteiger partial charge in [0.1, 0.15) is 17.8 Å². The van der Waals surface area contributed by atoms with E-state index in [1.165, 1.54) is 17.6 Å². The van der Waals surface area contributed by atoms with Crippen molar-refractivity contribution in [3.63, 3.8) is 0 Å². The Morgan fingerprint density at radius 1 is 1.11 bits per heavy atom. The topological polar surface area (TPSA) is 113 Å². The molecule has 2 aromatic heterocycles. The summed E-state index contributed by atoms with van der Waals surface area (Å²) in [4.78, 5) is 35.6. The molecule has 3 N–H and O–H groups in total. The Balaban J connectivity index is 1.76. The molecule has 3 heterocycles. The molecule has 1 aliphatic rings. The number of aromatic nitrogens is 3. The molecule has 2 bridgehead atoms. The minimum Gasteiger partial charge on any atom is -0.494 e. The first-order valence-corrected chi connectivity index (χ1v) is 13.5. The molecular weight excluding hydrogens is 480 g/mol. The van der Waals surface area contributed by atoms with E-state index in [0.717, 1.165) is 51.1 Å². The van der Waals surface area contributed by atoms with Crippen molar-refractivity contribution in [3.8, 4) is 5.88 Å². The van der Waals surface area contributed by atoms with Crippen molar-refractivity contribution in [1.82, 2.24) is 24.8 Å². The fourth-order valence-corrected chi connectivity index (χ4v) is 4.94. The minimum atomic E-state index is -0.0114. The Morgan fingerprint density at radius 2 is 1.89 bits per heavy atom. The van der Waals surface area contributed by atoms with Gasteiger partial charge in [0.05, 0.1) is 16.6 Å². The molecule has 0 fully saturated rings. The number of anilines is 2. The third-order valence-electron chi connectivity index (χ3n) is 6.88. The number of hydrogen-bond acceptors (Lipinski definition) is 8. The second-order valence-corrected chi connectivity index (χ2v) is 9.97. The zero-order valence-corrected chi connectivity index (χ0v) is 23.0. The number of aromatic hydroxyl groups is 1. The van der Waals surface area contributed by atoms with Crippen LogP contribution in [0.2, 0.25) is 0 Å². The summed E-state index contributed by atoms with van der Waals surface area (Å²) in [6.45, 7) is 9.04. The van der Waals surface area contributed by atoms with Gasteiger partial charge in [-0.15, -0.1) is 0 Å². The van der Waals surface area contributed by atoms with E-state index >= 15 is 0 Å². The van der Waals surface area contributed by atoms with Crippen molar-refractivity contribution < 1.29 is 9.90 Å². The highest BCUT2D eigenvalue weighted by Crippen LogP contribution is 2.31. The zero-order valence-electron chi connectivity index (χ0n) is 23.0. The third-order valence-corrected chi connectivity index (χ3v) is 6.88. The maximum Gasteiger partial charge on any atom is 0.222 e. The Hall–Kier alpha value is -3.66. The predicted octanol–water partition coefficient (Wildman–Crippen LogP) is 4.14. The van der Waals surface area contributed by atoms with Gasteiger partial charge in [-0.25, -0.2) is 9.97 Å². The molecule has 1 amide bonds. The number of benzene rings is 1. The van der Waals surface area contributed by atoms with Crippen molar-refractivity contribution in [2.45, 2.75) is 46.1 Å². The quantitative estimate of drug-likeness (QED) is 0.463. The summed E-state index contributed by atoms with van der Waals surface area (Å²) in [5.74, 6) is 0.700. The van der Waals surface area contributed by atoms with Crippen molar-refractivity contribution in [2.24, 2.45) is 4.99 Å². The summed E-state index contributed by atoms with van der Waals surface area (Å²) < 4.78 is 0. The second-order valence-electron chi connectivity index (χ2n) is 9.97. The molecule has 1 aliphatic heterocycles. The average Bonchev–Trinajstić information content (AvgIpc) is 3.22. The molecule has 0 unspecified atom stereocenters. The Kier molecular flexibility index (Phi) is 9.17. The van der Waals surface area contributed by atoms with Crippen LogP contribution in [0.1, 0.15) is 50.7 Å². The first kappa shape index (κ1) is 27.4. The van der Waals surface area contributed by atoms with Gasteiger partial charge >= 0.3 is 0 Å². The average molecular weight is 521 g/mol. The number of likely N-dealkylation sites (N-methyl/N-ethyl adjacent to an activating group) is 1. The van der Waals surface area contributed by atoms with Crippen LogP contribution in [-0.2, 0) is 11.3 Å². The van der Waals surface area contributed by atoms with Crippen molar-refractivity contribution in [1.29, 1.82) is 0 Å². The largest absolute Gasteiger partial charge is 0.494 e. The first-order chi connectivity index (χ1) is 18.4. The first-order valence-electron chi connectivity index (χ1n) is 13.5. The van der Waals surface area contributed by atoms with Gasteiger partial charge in [-0.3, -0.25) is 9.79 Å². The van der Waals surface area contributed by atoms with E-state index in [4.69, 9.17) is 4.99 Å². The monoisotopic (exact) mass is 520 g/mol. The highest BCUT2D eigenvalue weighted by molar-refractivity contribution is 6.06. The highest BCUT2D eigenvalue weighted by atomic mass is 16.3. The number of aromatic amines is 1. The number of H-pyrrole nitrogens is 1. The van der Waals surface area contributed by atoms with Crippen molar-refractivity contribution in [3.05, 3.63) is 35.7 Å². The summed E-state index contributed by atoms with van der Waals surface area (Å²) >= 11 is 0. The van der Waals surface area contributed by atoms with Crippen LogP contribution in [0.15, 0.2) is 29.5 Å². The Morgan fingerprint density at radius 3 is 2.66 bits per heavy atom. The lowest BCUT2D eigenvalue weighted by Gasteiger charge is -2.28. The van der Waals surface area contributed by atoms with Gasteiger partial charge < -0.3 is 30.1 Å². The number of aliphatic imine (C=N–C) groups is 1. The van der Waals surface area contributed by atoms with Crippen LogP contribution in [0.3, 0.4) is 0 Å². The molecule has 0 radical (unpaired) electrons. The lowest BCUT2D eigenvalue weighted by molar-refractivity contribution is -0.129. The molecule has 0 saturated heterocycles. The lowest BCUT2D eigenvalue weighted by atomic mass is 10.1. The van der Waals surface area contributed by atoms with Gasteiger partial charge in [-0.2, -0.15) is 0 Å². The smallest absolute Gasteiger partial charge is 0.222 e. The molecule has 0 atom stereocenters. The summed E-state index contributed by atoms with van der Waals surface area (Å²) in [6.07, 6.45) is 6.56. The van der Waals surface area contributed by atoms with Gasteiger partial charge in [0.2, 0.25) is 5.91 Å². The summed E-state index contributed by atoms with van der Waals surface area (Å²) in [7, 11) is 3.93. The molecule has 10 heteroatoms. The molecular formula is C28H40N8O2. The van der Waals surface area contributed by atoms with E-state index < -0.39 is 0 Å². The molecule has 0 aliphatic carbocycles. The highest BCUT2D eigenvalue weighted by Gasteiger charge is 2.17. The van der Waals surface area contributed by atoms with Crippen LogP contribution >= 0.6 is 0 Å². The van der Waals surface area contributed by atoms with Crippen molar-refractivity contribution >= 4 is 40.3 Å². The van der Waals surface area contributed by atoms with Gasteiger partial charge in [-0.1, -0.05) is 13.8 Å². The van der Waals surface area contributed by atoms with E-state index in [2.05, 4.69) is 63.1 Å². The van der Waals surface area contributed by atoms with Crippen LogP contribution in [0.4, 0.5) is 17.2 Å². The van der Waals surface area contributed by atoms with Gasteiger partial charge in [-0.05, 0) is 56.6 Å². The summed E-state index contributed by atoms with van der Waals surface area (Å²) in [6, 6.07) is 6.31. The fraction of sp³-hybridized carbons (Fsp3) is 0.500. The zero-order chi connectivity index (χ0) is 27.1. The number of carbonyl (C=O) groups excluding carboxylic acids is 1. The molecule has 0 saturated carbocycles. The van der Waals surface area contributed by atoms with E-state index in [-0.39, 0.29) is 11.8 Å².